The molecule has 0 spiro atoms. The Morgan fingerprint density at radius 3 is 2.12 bits per heavy atom. The van der Waals surface area contributed by atoms with E-state index in [9.17, 15) is 31.4 Å². The average molecular weight is 365 g/mol. The van der Waals surface area contributed by atoms with Crippen molar-refractivity contribution in [1.29, 1.82) is 0 Å². The predicted octanol–water partition coefficient (Wildman–Crippen LogP) is 3.43. The van der Waals surface area contributed by atoms with Gasteiger partial charge < -0.3 is 10.0 Å². The Labute approximate surface area is 138 Å². The first-order valence-corrected chi connectivity index (χ1v) is 7.30. The highest BCUT2D eigenvalue weighted by molar-refractivity contribution is 5.53. The molecule has 1 aromatic carbocycles. The largest absolute Gasteiger partial charge is 0.435 e. The van der Waals surface area contributed by atoms with E-state index < -0.39 is 30.2 Å². The predicted molar refractivity (Wildman–Crippen MR) is 75.6 cm³/mol. The third-order valence-electron chi connectivity index (χ3n) is 3.98. The van der Waals surface area contributed by atoms with Crippen LogP contribution in [0.1, 0.15) is 22.4 Å². The van der Waals surface area contributed by atoms with Crippen LogP contribution in [-0.4, -0.2) is 21.4 Å². The summed E-state index contributed by atoms with van der Waals surface area (Å²) in [6.07, 6.45) is -9.13. The van der Waals surface area contributed by atoms with Crippen molar-refractivity contribution < 1.29 is 31.4 Å². The first-order valence-electron chi connectivity index (χ1n) is 7.30. The normalized spacial score (nSPS) is 14.9. The van der Waals surface area contributed by atoms with Gasteiger partial charge in [0.2, 0.25) is 0 Å². The zero-order chi connectivity index (χ0) is 18.4. The lowest BCUT2D eigenvalue weighted by Crippen LogP contribution is -2.22. The Kier molecular flexibility index (Phi) is 4.18. The quantitative estimate of drug-likeness (QED) is 0.848. The second-order valence-electron chi connectivity index (χ2n) is 5.65. The van der Waals surface area contributed by atoms with Crippen LogP contribution in [-0.2, 0) is 32.0 Å². The van der Waals surface area contributed by atoms with Gasteiger partial charge in [0.25, 0.3) is 0 Å². The number of halogens is 6. The van der Waals surface area contributed by atoms with E-state index in [0.29, 0.717) is 12.1 Å². The number of benzene rings is 1. The SMILES string of the molecule is OCc1c(C(F)(F)F)nn2c1N(Cc1ccc(C(F)(F)F)cc1)CC2. The zero-order valence-electron chi connectivity index (χ0n) is 12.7. The van der Waals surface area contributed by atoms with Crippen molar-refractivity contribution in [2.24, 2.45) is 0 Å². The van der Waals surface area contributed by atoms with E-state index in [-0.39, 0.29) is 24.5 Å². The number of aliphatic hydroxyl groups is 1. The standard InChI is InChI=1S/C15H13F6N3O/c16-14(17,18)10-3-1-9(2-4-10)7-23-5-6-24-13(23)11(8-25)12(22-24)15(19,20)21/h1-4,25H,5-8H2. The van der Waals surface area contributed by atoms with Gasteiger partial charge in [-0.15, -0.1) is 0 Å². The van der Waals surface area contributed by atoms with Crippen LogP contribution in [0.25, 0.3) is 0 Å². The average Bonchev–Trinajstić information content (AvgIpc) is 3.06. The van der Waals surface area contributed by atoms with E-state index in [1.165, 1.54) is 16.8 Å². The fourth-order valence-corrected chi connectivity index (χ4v) is 2.87. The molecule has 0 radical (unpaired) electrons. The molecule has 3 rings (SSSR count). The number of fused-ring (bicyclic) bond motifs is 1. The molecule has 1 aliphatic heterocycles. The van der Waals surface area contributed by atoms with Crippen molar-refractivity contribution in [3.63, 3.8) is 0 Å². The highest BCUT2D eigenvalue weighted by Crippen LogP contribution is 2.38. The maximum Gasteiger partial charge on any atom is 0.435 e. The summed E-state index contributed by atoms with van der Waals surface area (Å²) in [6, 6.07) is 4.42. The molecule has 0 aliphatic carbocycles. The summed E-state index contributed by atoms with van der Waals surface area (Å²) in [4.78, 5) is 1.57. The monoisotopic (exact) mass is 365 g/mol. The highest BCUT2D eigenvalue weighted by Gasteiger charge is 2.41. The molecular weight excluding hydrogens is 352 g/mol. The van der Waals surface area contributed by atoms with Crippen LogP contribution in [0.5, 0.6) is 0 Å². The molecule has 10 heteroatoms. The number of nitrogens with zero attached hydrogens (tertiary/aromatic N) is 3. The van der Waals surface area contributed by atoms with E-state index in [1.54, 1.807) is 4.90 Å². The van der Waals surface area contributed by atoms with Crippen molar-refractivity contribution in [2.45, 2.75) is 32.0 Å². The van der Waals surface area contributed by atoms with Crippen molar-refractivity contribution in [3.8, 4) is 0 Å². The smallest absolute Gasteiger partial charge is 0.391 e. The summed E-state index contributed by atoms with van der Waals surface area (Å²) >= 11 is 0. The molecule has 0 fully saturated rings. The zero-order valence-corrected chi connectivity index (χ0v) is 12.7. The lowest BCUT2D eigenvalue weighted by molar-refractivity contribution is -0.142. The van der Waals surface area contributed by atoms with E-state index >= 15 is 0 Å². The third-order valence-corrected chi connectivity index (χ3v) is 3.98. The third kappa shape index (κ3) is 3.30. The number of aliphatic hydroxyl groups excluding tert-OH is 1. The summed E-state index contributed by atoms with van der Waals surface area (Å²) in [7, 11) is 0. The summed E-state index contributed by atoms with van der Waals surface area (Å²) in [5.74, 6) is 0.148. The summed E-state index contributed by atoms with van der Waals surface area (Å²) < 4.78 is 77.9. The van der Waals surface area contributed by atoms with Crippen LogP contribution in [0, 0.1) is 0 Å². The minimum Gasteiger partial charge on any atom is -0.391 e. The Hall–Kier alpha value is -2.23. The Bertz CT molecular complexity index is 763. The van der Waals surface area contributed by atoms with Crippen LogP contribution < -0.4 is 4.90 Å². The van der Waals surface area contributed by atoms with Gasteiger partial charge in [0.1, 0.15) is 5.82 Å². The number of hydrogen-bond acceptors (Lipinski definition) is 3. The number of alkyl halides is 6. The Morgan fingerprint density at radius 2 is 1.60 bits per heavy atom. The molecule has 0 atom stereocenters. The van der Waals surface area contributed by atoms with Gasteiger partial charge in [-0.1, -0.05) is 12.1 Å². The minimum absolute atomic E-state index is 0.119. The number of rotatable bonds is 3. The van der Waals surface area contributed by atoms with Gasteiger partial charge >= 0.3 is 12.4 Å². The van der Waals surface area contributed by atoms with E-state index in [4.69, 9.17) is 0 Å². The van der Waals surface area contributed by atoms with Crippen LogP contribution in [0.4, 0.5) is 32.2 Å². The second-order valence-corrected chi connectivity index (χ2v) is 5.65. The van der Waals surface area contributed by atoms with E-state index in [2.05, 4.69) is 5.10 Å². The molecule has 25 heavy (non-hydrogen) atoms. The molecule has 0 saturated carbocycles. The van der Waals surface area contributed by atoms with Crippen LogP contribution >= 0.6 is 0 Å². The molecule has 0 saturated heterocycles. The topological polar surface area (TPSA) is 41.3 Å². The molecule has 0 amide bonds. The van der Waals surface area contributed by atoms with Gasteiger partial charge in [-0.05, 0) is 17.7 Å². The molecule has 0 bridgehead atoms. The molecule has 4 nitrogen and oxygen atoms in total. The molecule has 136 valence electrons. The molecule has 1 aliphatic rings. The van der Waals surface area contributed by atoms with Crippen molar-refractivity contribution in [2.75, 3.05) is 11.4 Å². The lowest BCUT2D eigenvalue weighted by Gasteiger charge is -2.19. The first-order chi connectivity index (χ1) is 11.6. The molecule has 2 aromatic rings. The summed E-state index contributed by atoms with van der Waals surface area (Å²) in [5.41, 5.74) is -1.74. The number of aromatic nitrogens is 2. The summed E-state index contributed by atoms with van der Waals surface area (Å²) in [5, 5.41) is 12.9. The lowest BCUT2D eigenvalue weighted by atomic mass is 10.1. The first kappa shape index (κ1) is 17.6. The second kappa shape index (κ2) is 5.94. The molecule has 0 unspecified atom stereocenters. The van der Waals surface area contributed by atoms with Gasteiger partial charge in [0.15, 0.2) is 5.69 Å². The molecular formula is C15H13F6N3O. The van der Waals surface area contributed by atoms with Gasteiger partial charge in [-0.2, -0.15) is 31.4 Å². The van der Waals surface area contributed by atoms with Crippen molar-refractivity contribution in [3.05, 3.63) is 46.6 Å². The maximum absolute atomic E-state index is 13.0. The van der Waals surface area contributed by atoms with Gasteiger partial charge in [0.05, 0.1) is 24.3 Å². The van der Waals surface area contributed by atoms with Crippen LogP contribution in [0.3, 0.4) is 0 Å². The number of hydrogen-bond donors (Lipinski definition) is 1. The van der Waals surface area contributed by atoms with Gasteiger partial charge in [-0.3, -0.25) is 0 Å². The van der Waals surface area contributed by atoms with E-state index in [0.717, 1.165) is 12.1 Å². The van der Waals surface area contributed by atoms with Gasteiger partial charge in [0, 0.05) is 13.1 Å². The van der Waals surface area contributed by atoms with Gasteiger partial charge in [-0.25, -0.2) is 4.68 Å². The van der Waals surface area contributed by atoms with Crippen LogP contribution in [0.15, 0.2) is 24.3 Å². The fourth-order valence-electron chi connectivity index (χ4n) is 2.87. The van der Waals surface area contributed by atoms with Crippen molar-refractivity contribution >= 4 is 5.82 Å². The molecule has 1 N–H and O–H groups in total. The number of anilines is 1. The maximum atomic E-state index is 13.0. The van der Waals surface area contributed by atoms with E-state index in [1.807, 2.05) is 0 Å². The summed E-state index contributed by atoms with van der Waals surface area (Å²) in [6.45, 7) is -0.143. The van der Waals surface area contributed by atoms with Crippen LogP contribution in [0.2, 0.25) is 0 Å². The van der Waals surface area contributed by atoms with Crippen molar-refractivity contribution in [1.82, 2.24) is 9.78 Å². The minimum atomic E-state index is -4.69. The molecule has 2 heterocycles. The highest BCUT2D eigenvalue weighted by atomic mass is 19.4. The Balaban J connectivity index is 1.87. The fraction of sp³-hybridized carbons (Fsp3) is 0.400. The Morgan fingerprint density at radius 1 is 0.960 bits per heavy atom. The molecule has 1 aromatic heterocycles.